The minimum atomic E-state index is 0.400. The summed E-state index contributed by atoms with van der Waals surface area (Å²) in [6, 6.07) is 0. The third-order valence-corrected chi connectivity index (χ3v) is 2.35. The number of ketones is 1. The molecule has 0 unspecified atom stereocenters. The van der Waals surface area contributed by atoms with E-state index >= 15 is 0 Å². The average molecular weight is 185 g/mol. The van der Waals surface area contributed by atoms with E-state index in [0.29, 0.717) is 12.3 Å². The lowest BCUT2D eigenvalue weighted by atomic mass is 10.1. The molecule has 0 rings (SSSR count). The maximum absolute atomic E-state index is 11.4. The molecule has 0 atom stereocenters. The van der Waals surface area contributed by atoms with Crippen molar-refractivity contribution in [1.29, 1.82) is 0 Å². The molecule has 0 aliphatic heterocycles. The topological polar surface area (TPSA) is 20.3 Å². The Labute approximate surface area is 82.3 Å². The predicted octanol–water partition coefficient (Wildman–Crippen LogP) is 2.48. The summed E-state index contributed by atoms with van der Waals surface area (Å²) in [4.78, 5) is 13.6. The van der Waals surface area contributed by atoms with Crippen LogP contribution in [0.25, 0.3) is 0 Å². The number of unbranched alkanes of at least 4 members (excludes halogenated alkanes) is 2. The highest BCUT2D eigenvalue weighted by Gasteiger charge is 2.06. The summed E-state index contributed by atoms with van der Waals surface area (Å²) in [6.07, 6.45) is 4.21. The van der Waals surface area contributed by atoms with E-state index in [0.717, 1.165) is 25.9 Å². The molecule has 2 nitrogen and oxygen atoms in total. The van der Waals surface area contributed by atoms with Gasteiger partial charge in [0, 0.05) is 6.42 Å². The van der Waals surface area contributed by atoms with Gasteiger partial charge in [0.2, 0.25) is 0 Å². The fraction of sp³-hybridized carbons (Fsp3) is 0.909. The zero-order chi connectivity index (χ0) is 10.1. The van der Waals surface area contributed by atoms with Crippen molar-refractivity contribution in [3.8, 4) is 0 Å². The van der Waals surface area contributed by atoms with Gasteiger partial charge in [-0.05, 0) is 19.5 Å². The van der Waals surface area contributed by atoms with E-state index in [9.17, 15) is 4.79 Å². The summed E-state index contributed by atoms with van der Waals surface area (Å²) in [5.41, 5.74) is 0. The molecule has 0 saturated heterocycles. The van der Waals surface area contributed by atoms with E-state index in [2.05, 4.69) is 25.7 Å². The Morgan fingerprint density at radius 3 is 2.15 bits per heavy atom. The zero-order valence-corrected chi connectivity index (χ0v) is 9.31. The fourth-order valence-electron chi connectivity index (χ4n) is 1.35. The van der Waals surface area contributed by atoms with Crippen molar-refractivity contribution in [3.63, 3.8) is 0 Å². The maximum Gasteiger partial charge on any atom is 0.146 e. The third-order valence-electron chi connectivity index (χ3n) is 2.35. The summed E-state index contributed by atoms with van der Waals surface area (Å²) >= 11 is 0. The third kappa shape index (κ3) is 6.76. The van der Waals surface area contributed by atoms with E-state index in [1.165, 1.54) is 12.8 Å². The van der Waals surface area contributed by atoms with Gasteiger partial charge < -0.3 is 0 Å². The minimum absolute atomic E-state index is 0.400. The lowest BCUT2D eigenvalue weighted by Crippen LogP contribution is -2.29. The van der Waals surface area contributed by atoms with Crippen molar-refractivity contribution in [2.24, 2.45) is 0 Å². The molecule has 78 valence electrons. The zero-order valence-electron chi connectivity index (χ0n) is 9.31. The molecular weight excluding hydrogens is 162 g/mol. The SMILES string of the molecule is CCCCCC(=O)CN(CC)CC. The monoisotopic (exact) mass is 185 g/mol. The molecule has 0 aliphatic carbocycles. The number of hydrogen-bond donors (Lipinski definition) is 0. The van der Waals surface area contributed by atoms with Crippen LogP contribution >= 0.6 is 0 Å². The molecule has 0 aliphatic rings. The van der Waals surface area contributed by atoms with E-state index in [1.807, 2.05) is 0 Å². The number of Topliss-reactive ketones (excluding diaryl/α,β-unsaturated/α-hetero) is 1. The van der Waals surface area contributed by atoms with Gasteiger partial charge in [-0.1, -0.05) is 33.6 Å². The van der Waals surface area contributed by atoms with Crippen molar-refractivity contribution < 1.29 is 4.79 Å². The summed E-state index contributed by atoms with van der Waals surface area (Å²) in [7, 11) is 0. The molecule has 0 aromatic carbocycles. The lowest BCUT2D eigenvalue weighted by Gasteiger charge is -2.16. The molecule has 0 aromatic heterocycles. The number of rotatable bonds is 8. The molecule has 13 heavy (non-hydrogen) atoms. The van der Waals surface area contributed by atoms with Crippen LogP contribution in [0.5, 0.6) is 0 Å². The van der Waals surface area contributed by atoms with Gasteiger partial charge in [-0.25, -0.2) is 0 Å². The van der Waals surface area contributed by atoms with Crippen LogP contribution in [-0.4, -0.2) is 30.3 Å². The molecule has 0 spiro atoms. The van der Waals surface area contributed by atoms with Crippen LogP contribution in [0, 0.1) is 0 Å². The molecule has 0 radical (unpaired) electrons. The van der Waals surface area contributed by atoms with Crippen molar-refractivity contribution in [2.45, 2.75) is 46.5 Å². The van der Waals surface area contributed by atoms with E-state index in [1.54, 1.807) is 0 Å². The van der Waals surface area contributed by atoms with Crippen LogP contribution in [0.4, 0.5) is 0 Å². The quantitative estimate of drug-likeness (QED) is 0.541. The normalized spacial score (nSPS) is 10.8. The second-order valence-electron chi connectivity index (χ2n) is 3.46. The largest absolute Gasteiger partial charge is 0.298 e. The molecule has 0 saturated carbocycles. The molecule has 0 amide bonds. The van der Waals surface area contributed by atoms with Crippen LogP contribution in [0.15, 0.2) is 0 Å². The predicted molar refractivity (Wildman–Crippen MR) is 56.9 cm³/mol. The summed E-state index contributed by atoms with van der Waals surface area (Å²) in [6.45, 7) is 8.98. The first-order valence-electron chi connectivity index (χ1n) is 5.48. The van der Waals surface area contributed by atoms with E-state index in [-0.39, 0.29) is 0 Å². The Bertz CT molecular complexity index is 130. The lowest BCUT2D eigenvalue weighted by molar-refractivity contribution is -0.120. The second-order valence-corrected chi connectivity index (χ2v) is 3.46. The molecule has 0 fully saturated rings. The van der Waals surface area contributed by atoms with Crippen LogP contribution in [-0.2, 0) is 4.79 Å². The Morgan fingerprint density at radius 1 is 1.08 bits per heavy atom. The average Bonchev–Trinajstić information content (AvgIpc) is 2.14. The molecule has 0 N–H and O–H groups in total. The number of carbonyl (C=O) groups is 1. The van der Waals surface area contributed by atoms with Crippen LogP contribution in [0.3, 0.4) is 0 Å². The van der Waals surface area contributed by atoms with E-state index in [4.69, 9.17) is 0 Å². The minimum Gasteiger partial charge on any atom is -0.298 e. The van der Waals surface area contributed by atoms with Crippen LogP contribution < -0.4 is 0 Å². The van der Waals surface area contributed by atoms with Crippen molar-refractivity contribution in [1.82, 2.24) is 4.90 Å². The number of likely N-dealkylation sites (N-methyl/N-ethyl adjacent to an activating group) is 1. The van der Waals surface area contributed by atoms with Gasteiger partial charge in [0.25, 0.3) is 0 Å². The Balaban J connectivity index is 3.48. The highest BCUT2D eigenvalue weighted by Crippen LogP contribution is 2.00. The highest BCUT2D eigenvalue weighted by molar-refractivity contribution is 5.80. The van der Waals surface area contributed by atoms with Gasteiger partial charge in [-0.15, -0.1) is 0 Å². The van der Waals surface area contributed by atoms with Crippen molar-refractivity contribution >= 4 is 5.78 Å². The molecule has 2 heteroatoms. The first-order chi connectivity index (χ1) is 6.24. The van der Waals surface area contributed by atoms with Gasteiger partial charge in [0.05, 0.1) is 6.54 Å². The van der Waals surface area contributed by atoms with Crippen LogP contribution in [0.2, 0.25) is 0 Å². The first-order valence-corrected chi connectivity index (χ1v) is 5.48. The summed E-state index contributed by atoms with van der Waals surface area (Å²) < 4.78 is 0. The highest BCUT2D eigenvalue weighted by atomic mass is 16.1. The number of nitrogens with zero attached hydrogens (tertiary/aromatic N) is 1. The van der Waals surface area contributed by atoms with Gasteiger partial charge in [0.15, 0.2) is 0 Å². The van der Waals surface area contributed by atoms with Crippen molar-refractivity contribution in [2.75, 3.05) is 19.6 Å². The van der Waals surface area contributed by atoms with Gasteiger partial charge >= 0.3 is 0 Å². The summed E-state index contributed by atoms with van der Waals surface area (Å²) in [5, 5.41) is 0. The van der Waals surface area contributed by atoms with Gasteiger partial charge in [-0.3, -0.25) is 9.69 Å². The Kier molecular flexibility index (Phi) is 8.00. The maximum atomic E-state index is 11.4. The number of carbonyl (C=O) groups excluding carboxylic acids is 1. The van der Waals surface area contributed by atoms with Crippen molar-refractivity contribution in [3.05, 3.63) is 0 Å². The fourth-order valence-corrected chi connectivity index (χ4v) is 1.35. The Hall–Kier alpha value is -0.370. The smallest absolute Gasteiger partial charge is 0.146 e. The molecular formula is C11H23NO. The molecule has 0 heterocycles. The standard InChI is InChI=1S/C11H23NO/c1-4-7-8-9-11(13)10-12(5-2)6-3/h4-10H2,1-3H3. The van der Waals surface area contributed by atoms with E-state index < -0.39 is 0 Å². The van der Waals surface area contributed by atoms with Crippen LogP contribution in [0.1, 0.15) is 46.5 Å². The molecule has 0 bridgehead atoms. The van der Waals surface area contributed by atoms with Gasteiger partial charge in [-0.2, -0.15) is 0 Å². The second kappa shape index (κ2) is 8.24. The summed E-state index contributed by atoms with van der Waals surface area (Å²) in [5.74, 6) is 0.400. The molecule has 0 aromatic rings. The Morgan fingerprint density at radius 2 is 1.69 bits per heavy atom. The first kappa shape index (κ1) is 12.6. The number of hydrogen-bond acceptors (Lipinski definition) is 2. The van der Waals surface area contributed by atoms with Gasteiger partial charge in [0.1, 0.15) is 5.78 Å².